The zero-order valence-corrected chi connectivity index (χ0v) is 18.5. The lowest BCUT2D eigenvalue weighted by molar-refractivity contribution is 0.339. The molecule has 0 radical (unpaired) electrons. The van der Waals surface area contributed by atoms with Crippen molar-refractivity contribution in [3.05, 3.63) is 52.1 Å². The van der Waals surface area contributed by atoms with Crippen LogP contribution in [0.15, 0.2) is 40.1 Å². The average Bonchev–Trinajstić information content (AvgIpc) is 2.73. The number of methoxy groups -OCH3 is 2. The predicted octanol–water partition coefficient (Wildman–Crippen LogP) is 3.33. The molecule has 164 valence electrons. The van der Waals surface area contributed by atoms with E-state index in [2.05, 4.69) is 15.0 Å². The van der Waals surface area contributed by atoms with Gasteiger partial charge in [-0.3, -0.25) is 4.79 Å². The zero-order valence-electron chi connectivity index (χ0n) is 18.5. The quantitative estimate of drug-likeness (QED) is 0.480. The highest BCUT2D eigenvalue weighted by atomic mass is 19.1. The summed E-state index contributed by atoms with van der Waals surface area (Å²) in [6.45, 7) is 2.40. The van der Waals surface area contributed by atoms with E-state index >= 15 is 0 Å². The van der Waals surface area contributed by atoms with E-state index < -0.39 is 11.4 Å². The summed E-state index contributed by atoms with van der Waals surface area (Å²) < 4.78 is 25.0. The topological polar surface area (TPSA) is 83.0 Å². The van der Waals surface area contributed by atoms with E-state index in [1.807, 2.05) is 50.2 Å². The van der Waals surface area contributed by atoms with Gasteiger partial charge in [-0.2, -0.15) is 4.98 Å². The minimum absolute atomic E-state index is 0.131. The smallest absolute Gasteiger partial charge is 0.285 e. The number of hydrogen-bond acceptors (Lipinski definition) is 6. The number of fused-ring (bicyclic) bond motifs is 1. The number of anilines is 1. The Balaban J connectivity index is 1.96. The third-order valence-corrected chi connectivity index (χ3v) is 4.91. The number of ether oxygens (including phenoxy) is 2. The first-order chi connectivity index (χ1) is 14.7. The van der Waals surface area contributed by atoms with Crippen LogP contribution in [0.3, 0.4) is 0 Å². The van der Waals surface area contributed by atoms with Crippen LogP contribution in [0.2, 0.25) is 0 Å². The summed E-state index contributed by atoms with van der Waals surface area (Å²) in [5.74, 6) is 0.445. The van der Waals surface area contributed by atoms with E-state index in [0.717, 1.165) is 17.1 Å². The first-order valence-corrected chi connectivity index (χ1v) is 9.62. The summed E-state index contributed by atoms with van der Waals surface area (Å²) in [6.07, 6.45) is 0. The van der Waals surface area contributed by atoms with E-state index in [-0.39, 0.29) is 22.4 Å². The van der Waals surface area contributed by atoms with Gasteiger partial charge in [0.05, 0.1) is 25.4 Å². The first-order valence-electron chi connectivity index (χ1n) is 9.62. The Morgan fingerprint density at radius 2 is 1.94 bits per heavy atom. The van der Waals surface area contributed by atoms with Crippen molar-refractivity contribution in [2.45, 2.75) is 13.5 Å². The van der Waals surface area contributed by atoms with Crippen LogP contribution in [-0.2, 0) is 6.54 Å². The van der Waals surface area contributed by atoms with Crippen LogP contribution in [0.4, 0.5) is 16.0 Å². The van der Waals surface area contributed by atoms with E-state index in [0.29, 0.717) is 12.5 Å². The van der Waals surface area contributed by atoms with Crippen LogP contribution in [0, 0.1) is 5.82 Å². The largest absolute Gasteiger partial charge is 0.493 e. The Labute approximate surface area is 179 Å². The molecule has 0 bridgehead atoms. The maximum atomic E-state index is 14.8. The molecule has 2 aromatic carbocycles. The molecule has 3 rings (SSSR count). The number of rotatable bonds is 6. The molecular formula is C22H26FN5O3. The van der Waals surface area contributed by atoms with Crippen LogP contribution < -0.4 is 19.9 Å². The molecule has 0 unspecified atom stereocenters. The third-order valence-electron chi connectivity index (χ3n) is 4.91. The SMILES string of the molecule is COc1cc2[nH]c(N(C)Cc3cccc(/N=C(\C)N(C)C)c3)nc(=O)c2c(F)c1OC. The van der Waals surface area contributed by atoms with Crippen molar-refractivity contribution in [1.29, 1.82) is 0 Å². The number of aromatic amines is 1. The third kappa shape index (κ3) is 4.60. The molecule has 31 heavy (non-hydrogen) atoms. The van der Waals surface area contributed by atoms with Crippen molar-refractivity contribution in [2.75, 3.05) is 40.3 Å². The number of benzene rings is 2. The Bertz CT molecular complexity index is 1190. The summed E-state index contributed by atoms with van der Waals surface area (Å²) in [4.78, 5) is 27.9. The molecule has 1 N–H and O–H groups in total. The molecule has 1 heterocycles. The van der Waals surface area contributed by atoms with Crippen molar-refractivity contribution in [3.8, 4) is 11.5 Å². The number of hydrogen-bond donors (Lipinski definition) is 1. The maximum Gasteiger partial charge on any atom is 0.285 e. The molecule has 1 aromatic heterocycles. The summed E-state index contributed by atoms with van der Waals surface area (Å²) in [6, 6.07) is 9.31. The van der Waals surface area contributed by atoms with Gasteiger partial charge in [0.15, 0.2) is 17.3 Å². The lowest BCUT2D eigenvalue weighted by Gasteiger charge is -2.19. The number of aromatic nitrogens is 2. The maximum absolute atomic E-state index is 14.8. The van der Waals surface area contributed by atoms with Crippen LogP contribution in [0.25, 0.3) is 10.9 Å². The molecule has 0 spiro atoms. The van der Waals surface area contributed by atoms with E-state index in [1.165, 1.54) is 20.3 Å². The van der Waals surface area contributed by atoms with Gasteiger partial charge in [0.25, 0.3) is 5.56 Å². The van der Waals surface area contributed by atoms with Gasteiger partial charge in [-0.25, -0.2) is 9.38 Å². The van der Waals surface area contributed by atoms with Gasteiger partial charge in [-0.05, 0) is 24.6 Å². The molecule has 0 amide bonds. The van der Waals surface area contributed by atoms with E-state index in [1.54, 1.807) is 11.9 Å². The molecule has 0 fully saturated rings. The number of nitrogens with zero attached hydrogens (tertiary/aromatic N) is 4. The van der Waals surface area contributed by atoms with Gasteiger partial charge in [-0.15, -0.1) is 0 Å². The summed E-state index contributed by atoms with van der Waals surface area (Å²) in [5.41, 5.74) is 1.40. The van der Waals surface area contributed by atoms with Crippen molar-refractivity contribution in [3.63, 3.8) is 0 Å². The summed E-state index contributed by atoms with van der Waals surface area (Å²) in [5, 5.41) is -0.176. The Kier molecular flexibility index (Phi) is 6.43. The molecule has 0 aliphatic rings. The molecule has 0 aliphatic carbocycles. The second-order valence-electron chi connectivity index (χ2n) is 7.29. The Morgan fingerprint density at radius 3 is 2.58 bits per heavy atom. The summed E-state index contributed by atoms with van der Waals surface area (Å²) >= 11 is 0. The van der Waals surface area contributed by atoms with Gasteiger partial charge in [0.2, 0.25) is 5.95 Å². The Hall–Kier alpha value is -3.62. The normalized spacial score (nSPS) is 11.5. The summed E-state index contributed by atoms with van der Waals surface area (Å²) in [7, 11) is 8.39. The van der Waals surface area contributed by atoms with Gasteiger partial charge >= 0.3 is 0 Å². The number of aliphatic imine (C=N–C) groups is 1. The Morgan fingerprint density at radius 1 is 1.19 bits per heavy atom. The second kappa shape index (κ2) is 9.03. The molecule has 0 saturated carbocycles. The van der Waals surface area contributed by atoms with Crippen LogP contribution in [-0.4, -0.2) is 56.1 Å². The van der Waals surface area contributed by atoms with Gasteiger partial charge in [-0.1, -0.05) is 12.1 Å². The number of H-pyrrole nitrogens is 1. The highest BCUT2D eigenvalue weighted by Gasteiger charge is 2.20. The van der Waals surface area contributed by atoms with Crippen LogP contribution in [0.1, 0.15) is 12.5 Å². The van der Waals surface area contributed by atoms with Gasteiger partial charge in [0, 0.05) is 33.8 Å². The minimum Gasteiger partial charge on any atom is -0.493 e. The van der Waals surface area contributed by atoms with Crippen LogP contribution >= 0.6 is 0 Å². The first kappa shape index (κ1) is 22.1. The zero-order chi connectivity index (χ0) is 22.7. The molecular weight excluding hydrogens is 401 g/mol. The lowest BCUT2D eigenvalue weighted by Crippen LogP contribution is -2.23. The fourth-order valence-corrected chi connectivity index (χ4v) is 3.10. The molecule has 0 atom stereocenters. The number of halogens is 1. The molecule has 3 aromatic rings. The molecule has 9 heteroatoms. The van der Waals surface area contributed by atoms with Crippen molar-refractivity contribution < 1.29 is 13.9 Å². The predicted molar refractivity (Wildman–Crippen MR) is 120 cm³/mol. The minimum atomic E-state index is -0.804. The second-order valence-corrected chi connectivity index (χ2v) is 7.29. The standard InChI is InChI=1S/C22H26FN5O3/c1-13(27(2)3)24-15-9-7-8-14(10-15)12-28(4)22-25-16-11-17(30-5)20(31-6)19(23)18(16)21(29)26-22/h7-11H,12H2,1-6H3,(H,25,26,29)/b24-13+. The fourth-order valence-electron chi connectivity index (χ4n) is 3.10. The van der Waals surface area contributed by atoms with Crippen molar-refractivity contribution in [1.82, 2.24) is 14.9 Å². The molecule has 0 aliphatic heterocycles. The monoisotopic (exact) mass is 427 g/mol. The number of nitrogens with one attached hydrogen (secondary N) is 1. The highest BCUT2D eigenvalue weighted by Crippen LogP contribution is 2.34. The number of amidine groups is 1. The van der Waals surface area contributed by atoms with Gasteiger partial charge < -0.3 is 24.3 Å². The fraction of sp³-hybridized carbons (Fsp3) is 0.318. The van der Waals surface area contributed by atoms with Crippen LogP contribution in [0.5, 0.6) is 11.5 Å². The van der Waals surface area contributed by atoms with Crippen molar-refractivity contribution in [2.24, 2.45) is 4.99 Å². The average molecular weight is 427 g/mol. The molecule has 8 nitrogen and oxygen atoms in total. The van der Waals surface area contributed by atoms with Crippen molar-refractivity contribution >= 4 is 28.4 Å². The van der Waals surface area contributed by atoms with E-state index in [9.17, 15) is 9.18 Å². The highest BCUT2D eigenvalue weighted by molar-refractivity contribution is 5.84. The van der Waals surface area contributed by atoms with Gasteiger partial charge in [0.1, 0.15) is 11.2 Å². The van der Waals surface area contributed by atoms with E-state index in [4.69, 9.17) is 9.47 Å². The lowest BCUT2D eigenvalue weighted by atomic mass is 10.2. The molecule has 0 saturated heterocycles.